The van der Waals surface area contributed by atoms with E-state index in [0.29, 0.717) is 38.3 Å². The average molecular weight is 645 g/mol. The van der Waals surface area contributed by atoms with Gasteiger partial charge in [0.25, 0.3) is 11.8 Å². The molecule has 3 aliphatic rings. The van der Waals surface area contributed by atoms with Crippen molar-refractivity contribution in [2.24, 2.45) is 0 Å². The van der Waals surface area contributed by atoms with Gasteiger partial charge in [-0.3, -0.25) is 14.5 Å². The number of ether oxygens (including phenoxy) is 4. The van der Waals surface area contributed by atoms with Crippen LogP contribution in [-0.4, -0.2) is 119 Å². The number of hydrogen-bond acceptors (Lipinski definition) is 10. The minimum absolute atomic E-state index is 0.0630. The smallest absolute Gasteiger partial charge is 0.262 e. The fraction of sp³-hybridized carbons (Fsp3) is 0.412. The molecule has 2 aromatic heterocycles. The molecule has 5 heterocycles. The summed E-state index contributed by atoms with van der Waals surface area (Å²) in [5.74, 6) is -0.810. The second kappa shape index (κ2) is 11.4. The fourth-order valence-corrected chi connectivity index (χ4v) is 7.62. The second-order valence-electron chi connectivity index (χ2n) is 12.5. The van der Waals surface area contributed by atoms with Gasteiger partial charge in [-0.2, -0.15) is 0 Å². The molecule has 0 unspecified atom stereocenters. The average Bonchev–Trinajstić information content (AvgIpc) is 3.70. The zero-order valence-corrected chi connectivity index (χ0v) is 26.0. The quantitative estimate of drug-likeness (QED) is 0.173. The number of aromatic nitrogens is 2. The lowest BCUT2D eigenvalue weighted by Gasteiger charge is -2.43. The highest BCUT2D eigenvalue weighted by Crippen LogP contribution is 2.47. The molecule has 8 rings (SSSR count). The molecule has 5 N–H and O–H groups in total. The van der Waals surface area contributed by atoms with Gasteiger partial charge < -0.3 is 49.1 Å². The molecule has 13 nitrogen and oxygen atoms in total. The number of aliphatic hydroxyl groups excluding tert-OH is 3. The number of aliphatic hydroxyl groups is 3. The Morgan fingerprint density at radius 3 is 2.40 bits per heavy atom. The number of methoxy groups -OCH3 is 1. The van der Waals surface area contributed by atoms with E-state index in [4.69, 9.17) is 18.9 Å². The van der Waals surface area contributed by atoms with E-state index in [9.17, 15) is 24.9 Å². The number of fused-ring (bicyclic) bond motifs is 10. The van der Waals surface area contributed by atoms with Gasteiger partial charge in [0.15, 0.2) is 12.5 Å². The summed E-state index contributed by atoms with van der Waals surface area (Å²) in [6.07, 6.45) is -6.93. The van der Waals surface area contributed by atoms with Gasteiger partial charge in [0.05, 0.1) is 53.0 Å². The van der Waals surface area contributed by atoms with Crippen molar-refractivity contribution in [2.75, 3.05) is 34.4 Å². The van der Waals surface area contributed by atoms with Gasteiger partial charge in [0.2, 0.25) is 0 Å². The number of H-pyrrole nitrogens is 1. The van der Waals surface area contributed by atoms with E-state index >= 15 is 0 Å². The van der Waals surface area contributed by atoms with Crippen LogP contribution in [0.2, 0.25) is 0 Å². The molecular formula is C34H36N4O9. The number of amides is 2. The summed E-state index contributed by atoms with van der Waals surface area (Å²) in [5, 5.41) is 39.2. The van der Waals surface area contributed by atoms with Gasteiger partial charge in [-0.25, -0.2) is 0 Å². The minimum atomic E-state index is -1.45. The molecule has 3 aliphatic heterocycles. The van der Waals surface area contributed by atoms with Crippen LogP contribution in [0.3, 0.4) is 0 Å². The van der Waals surface area contributed by atoms with E-state index < -0.39 is 48.9 Å². The largest absolute Gasteiger partial charge is 0.391 e. The van der Waals surface area contributed by atoms with E-state index in [1.807, 2.05) is 48.5 Å². The maximum Gasteiger partial charge on any atom is 0.262 e. The van der Waals surface area contributed by atoms with Crippen molar-refractivity contribution >= 4 is 55.4 Å². The Hall–Kier alpha value is -3.92. The van der Waals surface area contributed by atoms with Crippen LogP contribution < -0.4 is 5.32 Å². The third-order valence-electron chi connectivity index (χ3n) is 10.0. The normalized spacial score (nSPS) is 30.0. The molecule has 3 aromatic carbocycles. The van der Waals surface area contributed by atoms with Gasteiger partial charge in [0, 0.05) is 47.6 Å². The molecule has 2 fully saturated rings. The zero-order chi connectivity index (χ0) is 32.7. The molecule has 0 aliphatic carbocycles. The molecule has 0 bridgehead atoms. The van der Waals surface area contributed by atoms with Gasteiger partial charge in [-0.1, -0.05) is 36.4 Å². The van der Waals surface area contributed by atoms with Crippen molar-refractivity contribution in [3.8, 4) is 0 Å². The monoisotopic (exact) mass is 644 g/mol. The first-order valence-corrected chi connectivity index (χ1v) is 15.7. The maximum absolute atomic E-state index is 13.8. The Labute approximate surface area is 268 Å². The number of rotatable bonds is 6. The molecular weight excluding hydrogens is 608 g/mol. The van der Waals surface area contributed by atoms with Crippen molar-refractivity contribution in [1.82, 2.24) is 19.8 Å². The number of nitrogens with one attached hydrogen (secondary N) is 2. The molecule has 2 amide bonds. The standard InChI is InChI=1S/C34H36N4O9/c1-35-18-13-45-22(12-20(18)39)46-14-21-31(44-3)29(40)30(41)34(47-21)38-19-11-7-5-9-16(19)24-26-25(32(42)37(2)33(26)43)23-15-8-4-6-10-17(15)36-27(23)28(24)38/h4-11,18,20-22,29-31,34-36,39-41H,12-14H2,1-3H3/t18-,20-,21-,22-,29-,30-,31-,34-/m1/s1. The predicted molar refractivity (Wildman–Crippen MR) is 171 cm³/mol. The van der Waals surface area contributed by atoms with Crippen LogP contribution in [0.1, 0.15) is 33.4 Å². The van der Waals surface area contributed by atoms with E-state index in [2.05, 4.69) is 10.3 Å². The third kappa shape index (κ3) is 4.39. The number of likely N-dealkylation sites (N-methyl/N-ethyl adjacent to an activating group) is 1. The Morgan fingerprint density at radius 2 is 1.68 bits per heavy atom. The molecule has 0 saturated carbocycles. The van der Waals surface area contributed by atoms with Crippen LogP contribution in [0.5, 0.6) is 0 Å². The first-order chi connectivity index (χ1) is 22.7. The SMILES string of the molecule is CN[C@@H]1CO[C@H](OC[C@H]2O[C@@H](n3c4ccccc4c4c5c(c6c7ccccc7[nH]c6c43)C(=O)N(C)C5=O)[C@H](O)[C@@H](O)[C@@H]2OC)C[C@H]1O. The van der Waals surface area contributed by atoms with Crippen LogP contribution in [0.15, 0.2) is 48.5 Å². The fourth-order valence-electron chi connectivity index (χ4n) is 7.62. The summed E-state index contributed by atoms with van der Waals surface area (Å²) in [7, 11) is 4.65. The summed E-state index contributed by atoms with van der Waals surface area (Å²) in [6.45, 7) is 0.195. The summed E-state index contributed by atoms with van der Waals surface area (Å²) in [5.41, 5.74) is 3.17. The number of aromatic amines is 1. The van der Waals surface area contributed by atoms with Crippen LogP contribution in [0, 0.1) is 0 Å². The summed E-state index contributed by atoms with van der Waals surface area (Å²) >= 11 is 0. The molecule has 13 heteroatoms. The predicted octanol–water partition coefficient (Wildman–Crippen LogP) is 2.00. The third-order valence-corrected chi connectivity index (χ3v) is 10.0. The number of nitrogens with zero attached hydrogens (tertiary/aromatic N) is 2. The first-order valence-electron chi connectivity index (χ1n) is 15.7. The van der Waals surface area contributed by atoms with Gasteiger partial charge in [-0.15, -0.1) is 0 Å². The Kier molecular flexibility index (Phi) is 7.35. The molecule has 47 heavy (non-hydrogen) atoms. The lowest BCUT2D eigenvalue weighted by molar-refractivity contribution is -0.275. The highest BCUT2D eigenvalue weighted by atomic mass is 16.7. The number of carbonyl (C=O) groups excluding carboxylic acids is 2. The molecule has 0 spiro atoms. The van der Waals surface area contributed by atoms with Crippen LogP contribution in [-0.2, 0) is 18.9 Å². The van der Waals surface area contributed by atoms with Crippen molar-refractivity contribution in [3.63, 3.8) is 0 Å². The van der Waals surface area contributed by atoms with E-state index in [0.717, 1.165) is 15.8 Å². The number of hydrogen-bond donors (Lipinski definition) is 5. The number of para-hydroxylation sites is 2. The molecule has 2 saturated heterocycles. The van der Waals surface area contributed by atoms with Crippen molar-refractivity contribution in [2.45, 2.75) is 55.5 Å². The maximum atomic E-state index is 13.8. The summed E-state index contributed by atoms with van der Waals surface area (Å²) in [4.78, 5) is 32.1. The lowest BCUT2D eigenvalue weighted by atomic mass is 9.96. The number of benzene rings is 3. The van der Waals surface area contributed by atoms with Gasteiger partial charge in [0.1, 0.15) is 24.4 Å². The number of imide groups is 1. The summed E-state index contributed by atoms with van der Waals surface area (Å²) < 4.78 is 25.8. The van der Waals surface area contributed by atoms with Crippen molar-refractivity contribution in [3.05, 3.63) is 59.7 Å². The van der Waals surface area contributed by atoms with Gasteiger partial charge >= 0.3 is 0 Å². The Balaban J connectivity index is 1.31. The van der Waals surface area contributed by atoms with Crippen molar-refractivity contribution in [1.29, 1.82) is 0 Å². The first kappa shape index (κ1) is 30.4. The van der Waals surface area contributed by atoms with Crippen molar-refractivity contribution < 1.29 is 43.9 Å². The van der Waals surface area contributed by atoms with Crippen LogP contribution >= 0.6 is 0 Å². The van der Waals surface area contributed by atoms with Crippen LogP contribution in [0.25, 0.3) is 43.6 Å². The molecule has 246 valence electrons. The second-order valence-corrected chi connectivity index (χ2v) is 12.5. The summed E-state index contributed by atoms with van der Waals surface area (Å²) in [6, 6.07) is 14.8. The lowest BCUT2D eigenvalue weighted by Crippen LogP contribution is -2.58. The molecule has 8 atom stereocenters. The van der Waals surface area contributed by atoms with E-state index in [-0.39, 0.29) is 37.1 Å². The highest BCUT2D eigenvalue weighted by molar-refractivity contribution is 6.39. The Bertz CT molecular complexity index is 2060. The van der Waals surface area contributed by atoms with Gasteiger partial charge in [-0.05, 0) is 19.2 Å². The zero-order valence-electron chi connectivity index (χ0n) is 26.0. The highest BCUT2D eigenvalue weighted by Gasteiger charge is 2.48. The van der Waals surface area contributed by atoms with E-state index in [1.54, 1.807) is 11.6 Å². The molecule has 0 radical (unpaired) electrons. The topological polar surface area (TPSA) is 168 Å². The van der Waals surface area contributed by atoms with Crippen LogP contribution in [0.4, 0.5) is 0 Å². The minimum Gasteiger partial charge on any atom is -0.391 e. The molecule has 5 aromatic rings. The number of carbonyl (C=O) groups is 2. The Morgan fingerprint density at radius 1 is 0.979 bits per heavy atom. The van der Waals surface area contributed by atoms with E-state index in [1.165, 1.54) is 14.2 Å².